The minimum Gasteiger partial charge on any atom is -0.336 e. The van der Waals surface area contributed by atoms with Gasteiger partial charge < -0.3 is 10.6 Å². The SMILES string of the molecule is O=C1NCCN1c1ccccc1CC1CCCN1. The maximum atomic E-state index is 11.8. The van der Waals surface area contributed by atoms with Crippen LogP contribution in [0.2, 0.25) is 0 Å². The highest BCUT2D eigenvalue weighted by Gasteiger charge is 2.24. The molecule has 1 unspecified atom stereocenters. The van der Waals surface area contributed by atoms with Gasteiger partial charge >= 0.3 is 6.03 Å². The molecule has 2 fully saturated rings. The summed E-state index contributed by atoms with van der Waals surface area (Å²) in [6.45, 7) is 2.64. The van der Waals surface area contributed by atoms with Crippen LogP contribution in [0, 0.1) is 0 Å². The highest BCUT2D eigenvalue weighted by atomic mass is 16.2. The molecule has 1 aromatic rings. The Labute approximate surface area is 107 Å². The monoisotopic (exact) mass is 245 g/mol. The van der Waals surface area contributed by atoms with Gasteiger partial charge in [-0.3, -0.25) is 4.90 Å². The number of nitrogens with zero attached hydrogens (tertiary/aromatic N) is 1. The first-order chi connectivity index (χ1) is 8.84. The van der Waals surface area contributed by atoms with Gasteiger partial charge in [-0.25, -0.2) is 4.79 Å². The number of benzene rings is 1. The van der Waals surface area contributed by atoms with Crippen LogP contribution in [-0.4, -0.2) is 31.7 Å². The maximum absolute atomic E-state index is 11.8. The van der Waals surface area contributed by atoms with Gasteiger partial charge in [0.1, 0.15) is 0 Å². The normalized spacial score (nSPS) is 23.4. The Bertz CT molecular complexity index is 440. The molecule has 2 N–H and O–H groups in total. The number of carbonyl (C=O) groups excluding carboxylic acids is 1. The van der Waals surface area contributed by atoms with Crippen LogP contribution in [0.4, 0.5) is 10.5 Å². The summed E-state index contributed by atoms with van der Waals surface area (Å²) >= 11 is 0. The van der Waals surface area contributed by atoms with E-state index < -0.39 is 0 Å². The zero-order valence-corrected chi connectivity index (χ0v) is 10.5. The fraction of sp³-hybridized carbons (Fsp3) is 0.500. The first-order valence-corrected chi connectivity index (χ1v) is 6.71. The standard InChI is InChI=1S/C14H19N3O/c18-14-16-8-9-17(14)13-6-2-1-4-11(13)10-12-5-3-7-15-12/h1-2,4,6,12,15H,3,5,7-10H2,(H,16,18). The van der Waals surface area contributed by atoms with E-state index in [0.29, 0.717) is 6.04 Å². The fourth-order valence-corrected chi connectivity index (χ4v) is 2.84. The van der Waals surface area contributed by atoms with Crippen molar-refractivity contribution < 1.29 is 4.79 Å². The molecule has 2 aliphatic heterocycles. The van der Waals surface area contributed by atoms with E-state index in [0.717, 1.165) is 31.7 Å². The van der Waals surface area contributed by atoms with Crippen LogP contribution in [0.3, 0.4) is 0 Å². The van der Waals surface area contributed by atoms with E-state index in [-0.39, 0.29) is 6.03 Å². The predicted octanol–water partition coefficient (Wildman–Crippen LogP) is 1.51. The van der Waals surface area contributed by atoms with Crippen LogP contribution >= 0.6 is 0 Å². The van der Waals surface area contributed by atoms with Gasteiger partial charge in [-0.2, -0.15) is 0 Å². The average Bonchev–Trinajstić information content (AvgIpc) is 3.02. The number of hydrogen-bond acceptors (Lipinski definition) is 2. The molecular formula is C14H19N3O. The third kappa shape index (κ3) is 2.20. The quantitative estimate of drug-likeness (QED) is 0.848. The van der Waals surface area contributed by atoms with Crippen LogP contribution < -0.4 is 15.5 Å². The Morgan fingerprint density at radius 2 is 2.17 bits per heavy atom. The molecule has 2 amide bonds. The molecular weight excluding hydrogens is 226 g/mol. The van der Waals surface area contributed by atoms with E-state index in [2.05, 4.69) is 28.8 Å². The van der Waals surface area contributed by atoms with Crippen LogP contribution in [0.25, 0.3) is 0 Å². The molecule has 2 saturated heterocycles. The number of hydrogen-bond donors (Lipinski definition) is 2. The lowest BCUT2D eigenvalue weighted by Crippen LogP contribution is -2.30. The Morgan fingerprint density at radius 1 is 1.28 bits per heavy atom. The smallest absolute Gasteiger partial charge is 0.322 e. The first kappa shape index (κ1) is 11.5. The van der Waals surface area contributed by atoms with Gasteiger partial charge in [0.2, 0.25) is 0 Å². The van der Waals surface area contributed by atoms with E-state index in [4.69, 9.17) is 0 Å². The lowest BCUT2D eigenvalue weighted by atomic mass is 10.0. The molecule has 1 aromatic carbocycles. The summed E-state index contributed by atoms with van der Waals surface area (Å²) in [7, 11) is 0. The van der Waals surface area contributed by atoms with E-state index >= 15 is 0 Å². The average molecular weight is 245 g/mol. The molecule has 0 aliphatic carbocycles. The Morgan fingerprint density at radius 3 is 2.89 bits per heavy atom. The van der Waals surface area contributed by atoms with Crippen molar-refractivity contribution >= 4 is 11.7 Å². The van der Waals surface area contributed by atoms with E-state index in [1.807, 2.05) is 11.0 Å². The zero-order valence-electron chi connectivity index (χ0n) is 10.5. The van der Waals surface area contributed by atoms with Crippen LogP contribution in [0.5, 0.6) is 0 Å². The molecule has 4 heteroatoms. The number of nitrogens with one attached hydrogen (secondary N) is 2. The molecule has 18 heavy (non-hydrogen) atoms. The summed E-state index contributed by atoms with van der Waals surface area (Å²) in [4.78, 5) is 13.6. The van der Waals surface area contributed by atoms with Crippen LogP contribution in [0.1, 0.15) is 18.4 Å². The van der Waals surface area contributed by atoms with Crippen molar-refractivity contribution in [3.63, 3.8) is 0 Å². The van der Waals surface area contributed by atoms with E-state index in [9.17, 15) is 4.79 Å². The molecule has 1 atom stereocenters. The second-order valence-electron chi connectivity index (χ2n) is 5.01. The molecule has 3 rings (SSSR count). The second kappa shape index (κ2) is 4.98. The highest BCUT2D eigenvalue weighted by Crippen LogP contribution is 2.24. The third-order valence-electron chi connectivity index (χ3n) is 3.77. The third-order valence-corrected chi connectivity index (χ3v) is 3.77. The lowest BCUT2D eigenvalue weighted by Gasteiger charge is -2.20. The van der Waals surface area contributed by atoms with Crippen molar-refractivity contribution in [3.8, 4) is 0 Å². The van der Waals surface area contributed by atoms with Crippen LogP contribution in [-0.2, 0) is 6.42 Å². The molecule has 0 bridgehead atoms. The Balaban J connectivity index is 1.82. The number of amides is 2. The van der Waals surface area contributed by atoms with Gasteiger partial charge in [0.05, 0.1) is 0 Å². The van der Waals surface area contributed by atoms with Crippen molar-refractivity contribution in [2.24, 2.45) is 0 Å². The van der Waals surface area contributed by atoms with Crippen molar-refractivity contribution in [2.75, 3.05) is 24.5 Å². The molecule has 96 valence electrons. The molecule has 0 saturated carbocycles. The summed E-state index contributed by atoms with van der Waals surface area (Å²) < 4.78 is 0. The van der Waals surface area contributed by atoms with Gasteiger partial charge in [-0.1, -0.05) is 18.2 Å². The first-order valence-electron chi connectivity index (χ1n) is 6.71. The lowest BCUT2D eigenvalue weighted by molar-refractivity contribution is 0.252. The van der Waals surface area contributed by atoms with E-state index in [1.54, 1.807) is 0 Å². The Kier molecular flexibility index (Phi) is 3.19. The van der Waals surface area contributed by atoms with Gasteiger partial charge in [0, 0.05) is 24.8 Å². The van der Waals surface area contributed by atoms with Gasteiger partial charge in [-0.15, -0.1) is 0 Å². The minimum atomic E-state index is 0.0295. The molecule has 2 aliphatic rings. The largest absolute Gasteiger partial charge is 0.336 e. The maximum Gasteiger partial charge on any atom is 0.322 e. The second-order valence-corrected chi connectivity index (χ2v) is 5.01. The van der Waals surface area contributed by atoms with Crippen molar-refractivity contribution in [3.05, 3.63) is 29.8 Å². The number of rotatable bonds is 3. The molecule has 2 heterocycles. The fourth-order valence-electron chi connectivity index (χ4n) is 2.84. The minimum absolute atomic E-state index is 0.0295. The van der Waals surface area contributed by atoms with Crippen molar-refractivity contribution in [2.45, 2.75) is 25.3 Å². The highest BCUT2D eigenvalue weighted by molar-refractivity contribution is 5.94. The van der Waals surface area contributed by atoms with E-state index in [1.165, 1.54) is 18.4 Å². The number of urea groups is 1. The molecule has 4 nitrogen and oxygen atoms in total. The summed E-state index contributed by atoms with van der Waals surface area (Å²) in [5.74, 6) is 0. The van der Waals surface area contributed by atoms with Gasteiger partial charge in [-0.05, 0) is 37.4 Å². The summed E-state index contributed by atoms with van der Waals surface area (Å²) in [6.07, 6.45) is 3.51. The van der Waals surface area contributed by atoms with Crippen molar-refractivity contribution in [1.82, 2.24) is 10.6 Å². The Hall–Kier alpha value is -1.55. The van der Waals surface area contributed by atoms with Crippen LogP contribution in [0.15, 0.2) is 24.3 Å². The molecule has 0 radical (unpaired) electrons. The number of para-hydroxylation sites is 1. The molecule has 0 aromatic heterocycles. The zero-order chi connectivity index (χ0) is 12.4. The summed E-state index contributed by atoms with van der Waals surface area (Å²) in [5.41, 5.74) is 2.34. The summed E-state index contributed by atoms with van der Waals surface area (Å²) in [5, 5.41) is 6.38. The van der Waals surface area contributed by atoms with Gasteiger partial charge in [0.25, 0.3) is 0 Å². The number of anilines is 1. The number of carbonyl (C=O) groups is 1. The molecule has 0 spiro atoms. The van der Waals surface area contributed by atoms with Gasteiger partial charge in [0.15, 0.2) is 0 Å². The topological polar surface area (TPSA) is 44.4 Å². The predicted molar refractivity (Wildman–Crippen MR) is 71.9 cm³/mol. The van der Waals surface area contributed by atoms with Crippen molar-refractivity contribution in [1.29, 1.82) is 0 Å². The summed E-state index contributed by atoms with van der Waals surface area (Å²) in [6, 6.07) is 8.85.